The minimum Gasteiger partial charge on any atom is -0.291 e. The Morgan fingerprint density at radius 1 is 1.40 bits per heavy atom. The number of thiophene rings is 2. The number of nitrogens with zero attached hydrogens (tertiary/aromatic N) is 2. The van der Waals surface area contributed by atoms with Crippen LogP contribution in [0.25, 0.3) is 10.2 Å². The maximum Gasteiger partial charge on any atom is 0.262 e. The molecule has 0 N–H and O–H groups in total. The van der Waals surface area contributed by atoms with Crippen LogP contribution in [0.1, 0.15) is 20.1 Å². The highest BCUT2D eigenvalue weighted by molar-refractivity contribution is 7.18. The molecule has 0 atom stereocenters. The van der Waals surface area contributed by atoms with Crippen molar-refractivity contribution in [3.05, 3.63) is 49.5 Å². The van der Waals surface area contributed by atoms with E-state index in [9.17, 15) is 9.59 Å². The molecule has 0 aromatic carbocycles. The van der Waals surface area contributed by atoms with Crippen LogP contribution in [0.15, 0.2) is 28.6 Å². The Hall–Kier alpha value is -1.79. The van der Waals surface area contributed by atoms with Crippen LogP contribution in [-0.2, 0) is 6.54 Å². The highest BCUT2D eigenvalue weighted by Crippen LogP contribution is 2.25. The Labute approximate surface area is 123 Å². The van der Waals surface area contributed by atoms with Crippen LogP contribution in [0, 0.1) is 13.8 Å². The summed E-state index contributed by atoms with van der Waals surface area (Å²) in [5, 5.41) is 2.48. The molecular weight excluding hydrogens is 292 g/mol. The van der Waals surface area contributed by atoms with Gasteiger partial charge in [-0.3, -0.25) is 14.2 Å². The summed E-state index contributed by atoms with van der Waals surface area (Å²) in [6.45, 7) is 3.93. The summed E-state index contributed by atoms with van der Waals surface area (Å²) >= 11 is 2.89. The highest BCUT2D eigenvalue weighted by atomic mass is 32.1. The van der Waals surface area contributed by atoms with Crippen LogP contribution in [0.5, 0.6) is 0 Å². The molecule has 0 saturated heterocycles. The third kappa shape index (κ3) is 2.10. The molecule has 102 valence electrons. The minimum atomic E-state index is -0.137. The summed E-state index contributed by atoms with van der Waals surface area (Å²) in [7, 11) is 0. The first-order chi connectivity index (χ1) is 9.58. The maximum atomic E-state index is 12.4. The van der Waals surface area contributed by atoms with Gasteiger partial charge in [0.1, 0.15) is 4.83 Å². The summed E-state index contributed by atoms with van der Waals surface area (Å²) in [6, 6.07) is 3.60. The third-order valence-electron chi connectivity index (χ3n) is 3.27. The Kier molecular flexibility index (Phi) is 3.27. The van der Waals surface area contributed by atoms with Gasteiger partial charge < -0.3 is 0 Å². The number of hydrogen-bond acceptors (Lipinski definition) is 5. The number of rotatable bonds is 3. The van der Waals surface area contributed by atoms with E-state index in [1.54, 1.807) is 6.07 Å². The van der Waals surface area contributed by atoms with E-state index in [4.69, 9.17) is 0 Å². The van der Waals surface area contributed by atoms with Crippen molar-refractivity contribution >= 4 is 38.7 Å². The van der Waals surface area contributed by atoms with Crippen molar-refractivity contribution in [3.8, 4) is 0 Å². The summed E-state index contributed by atoms with van der Waals surface area (Å²) in [6.07, 6.45) is 1.46. The van der Waals surface area contributed by atoms with Gasteiger partial charge in [-0.15, -0.1) is 22.7 Å². The molecular formula is C14H12N2O2S2. The van der Waals surface area contributed by atoms with Gasteiger partial charge in [0.05, 0.1) is 23.1 Å². The second-order valence-electron chi connectivity index (χ2n) is 4.54. The lowest BCUT2D eigenvalue weighted by Crippen LogP contribution is -2.24. The molecule has 20 heavy (non-hydrogen) atoms. The van der Waals surface area contributed by atoms with Crippen LogP contribution >= 0.6 is 22.7 Å². The van der Waals surface area contributed by atoms with E-state index in [0.717, 1.165) is 15.3 Å². The topological polar surface area (TPSA) is 52.0 Å². The largest absolute Gasteiger partial charge is 0.291 e. The SMILES string of the molecule is Cc1sc2ncn(CC(=O)c3cccs3)c(=O)c2c1C. The van der Waals surface area contributed by atoms with E-state index in [1.807, 2.05) is 25.3 Å². The third-order valence-corrected chi connectivity index (χ3v) is 5.29. The average molecular weight is 304 g/mol. The standard InChI is InChI=1S/C14H12N2O2S2/c1-8-9(2)20-13-12(8)14(18)16(7-15-13)6-10(17)11-4-3-5-19-11/h3-5,7H,6H2,1-2H3. The van der Waals surface area contributed by atoms with Gasteiger partial charge in [0.2, 0.25) is 0 Å². The number of aryl methyl sites for hydroxylation is 2. The normalized spacial score (nSPS) is 11.1. The van der Waals surface area contributed by atoms with Gasteiger partial charge in [0, 0.05) is 4.88 Å². The lowest BCUT2D eigenvalue weighted by molar-refractivity contribution is 0.0974. The minimum absolute atomic E-state index is 0.0383. The lowest BCUT2D eigenvalue weighted by atomic mass is 10.2. The summed E-state index contributed by atoms with van der Waals surface area (Å²) in [4.78, 5) is 31.3. The number of hydrogen-bond donors (Lipinski definition) is 0. The predicted octanol–water partition coefficient (Wildman–Crippen LogP) is 3.02. The molecule has 6 heteroatoms. The molecule has 0 amide bonds. The van der Waals surface area contributed by atoms with Crippen LogP contribution in [-0.4, -0.2) is 15.3 Å². The molecule has 3 aromatic rings. The van der Waals surface area contributed by atoms with E-state index < -0.39 is 0 Å². The second-order valence-corrected chi connectivity index (χ2v) is 6.69. The molecule has 4 nitrogen and oxygen atoms in total. The summed E-state index contributed by atoms with van der Waals surface area (Å²) in [5.41, 5.74) is 0.821. The van der Waals surface area contributed by atoms with Crippen LogP contribution < -0.4 is 5.56 Å². The van der Waals surface area contributed by atoms with Gasteiger partial charge >= 0.3 is 0 Å². The van der Waals surface area contributed by atoms with Crippen molar-refractivity contribution in [2.45, 2.75) is 20.4 Å². The van der Waals surface area contributed by atoms with Crippen molar-refractivity contribution in [1.29, 1.82) is 0 Å². The zero-order valence-corrected chi connectivity index (χ0v) is 12.7. The molecule has 0 radical (unpaired) electrons. The molecule has 0 spiro atoms. The van der Waals surface area contributed by atoms with Gasteiger partial charge in [-0.1, -0.05) is 6.07 Å². The summed E-state index contributed by atoms with van der Waals surface area (Å²) in [5.74, 6) is -0.0622. The number of carbonyl (C=O) groups excluding carboxylic acids is 1. The van der Waals surface area contributed by atoms with Crippen LogP contribution in [0.2, 0.25) is 0 Å². The molecule has 0 aliphatic heterocycles. The van der Waals surface area contributed by atoms with Crippen LogP contribution in [0.4, 0.5) is 0 Å². The Morgan fingerprint density at radius 2 is 2.20 bits per heavy atom. The summed E-state index contributed by atoms with van der Waals surface area (Å²) < 4.78 is 1.39. The molecule has 3 rings (SSSR count). The number of aromatic nitrogens is 2. The quantitative estimate of drug-likeness (QED) is 0.699. The Balaban J connectivity index is 2.05. The van der Waals surface area contributed by atoms with E-state index in [-0.39, 0.29) is 17.9 Å². The molecule has 0 fully saturated rings. The van der Waals surface area contributed by atoms with Gasteiger partial charge in [0.15, 0.2) is 5.78 Å². The van der Waals surface area contributed by atoms with Gasteiger partial charge in [-0.25, -0.2) is 4.98 Å². The van der Waals surface area contributed by atoms with Gasteiger partial charge in [0.25, 0.3) is 5.56 Å². The molecule has 0 saturated carbocycles. The van der Waals surface area contributed by atoms with Gasteiger partial charge in [-0.2, -0.15) is 0 Å². The van der Waals surface area contributed by atoms with E-state index in [0.29, 0.717) is 10.3 Å². The molecule has 0 unspecified atom stereocenters. The zero-order valence-electron chi connectivity index (χ0n) is 11.0. The fourth-order valence-electron chi connectivity index (χ4n) is 2.05. The van der Waals surface area contributed by atoms with Crippen LogP contribution in [0.3, 0.4) is 0 Å². The van der Waals surface area contributed by atoms with Crippen molar-refractivity contribution in [2.24, 2.45) is 0 Å². The first kappa shape index (κ1) is 13.2. The monoisotopic (exact) mass is 304 g/mol. The van der Waals surface area contributed by atoms with E-state index in [2.05, 4.69) is 4.98 Å². The van der Waals surface area contributed by atoms with Crippen molar-refractivity contribution in [2.75, 3.05) is 0 Å². The first-order valence-electron chi connectivity index (χ1n) is 6.10. The Morgan fingerprint density at radius 3 is 2.90 bits per heavy atom. The molecule has 0 aliphatic rings. The predicted molar refractivity (Wildman–Crippen MR) is 82.0 cm³/mol. The van der Waals surface area contributed by atoms with E-state index >= 15 is 0 Å². The fourth-order valence-corrected chi connectivity index (χ4v) is 3.70. The Bertz CT molecular complexity index is 844. The maximum absolute atomic E-state index is 12.4. The zero-order chi connectivity index (χ0) is 14.3. The van der Waals surface area contributed by atoms with E-state index in [1.165, 1.54) is 33.6 Å². The number of fused-ring (bicyclic) bond motifs is 1. The van der Waals surface area contributed by atoms with Gasteiger partial charge in [-0.05, 0) is 30.9 Å². The number of Topliss-reactive ketones (excluding diaryl/α,β-unsaturated/α-hetero) is 1. The van der Waals surface area contributed by atoms with Crippen molar-refractivity contribution < 1.29 is 4.79 Å². The molecule has 3 aromatic heterocycles. The number of ketones is 1. The number of carbonyl (C=O) groups is 1. The fraction of sp³-hybridized carbons (Fsp3) is 0.214. The first-order valence-corrected chi connectivity index (χ1v) is 7.79. The lowest BCUT2D eigenvalue weighted by Gasteiger charge is -2.03. The molecule has 3 heterocycles. The molecule has 0 aliphatic carbocycles. The smallest absolute Gasteiger partial charge is 0.262 e. The van der Waals surface area contributed by atoms with Crippen molar-refractivity contribution in [1.82, 2.24) is 9.55 Å². The average Bonchev–Trinajstić information content (AvgIpc) is 3.03. The highest BCUT2D eigenvalue weighted by Gasteiger charge is 2.14. The second kappa shape index (κ2) is 4.96. The van der Waals surface area contributed by atoms with Crippen molar-refractivity contribution in [3.63, 3.8) is 0 Å². The molecule has 0 bridgehead atoms.